The zero-order valence-corrected chi connectivity index (χ0v) is 14.3. The van der Waals surface area contributed by atoms with Crippen LogP contribution in [0.5, 0.6) is 5.75 Å². The zero-order valence-electron chi connectivity index (χ0n) is 14.3. The predicted molar refractivity (Wildman–Crippen MR) is 90.8 cm³/mol. The third-order valence-corrected chi connectivity index (χ3v) is 4.08. The molecule has 1 aliphatic rings. The number of para-hydroxylation sites is 1. The van der Waals surface area contributed by atoms with E-state index in [-0.39, 0.29) is 17.6 Å². The van der Waals surface area contributed by atoms with Crippen LogP contribution in [-0.2, 0) is 5.41 Å². The fourth-order valence-corrected chi connectivity index (χ4v) is 2.71. The second-order valence-corrected chi connectivity index (χ2v) is 7.04. The number of nitrogens with zero attached hydrogens (tertiary/aromatic N) is 1. The van der Waals surface area contributed by atoms with Crippen molar-refractivity contribution in [1.29, 1.82) is 0 Å². The highest BCUT2D eigenvalue weighted by Gasteiger charge is 2.21. The molecule has 2 N–H and O–H groups in total. The highest BCUT2D eigenvalue weighted by Crippen LogP contribution is 2.30. The van der Waals surface area contributed by atoms with E-state index in [0.717, 1.165) is 11.3 Å². The highest BCUT2D eigenvalue weighted by molar-refractivity contribution is 5.74. The van der Waals surface area contributed by atoms with Gasteiger partial charge in [0, 0.05) is 13.1 Å². The standard InChI is InChI=1S/C18H28N2O3/c1-18(2,3)15-6-4-5-7-16(15)23-13-10-19-17(22)20-11-8-14(21)9-12-20/h4-7,14,21H,8-13H2,1-3H3,(H,19,22). The van der Waals surface area contributed by atoms with Crippen LogP contribution in [0.2, 0.25) is 0 Å². The molecule has 1 aromatic rings. The lowest BCUT2D eigenvalue weighted by Crippen LogP contribution is -2.46. The molecular weight excluding hydrogens is 292 g/mol. The van der Waals surface area contributed by atoms with Crippen LogP contribution >= 0.6 is 0 Å². The maximum atomic E-state index is 12.0. The van der Waals surface area contributed by atoms with Gasteiger partial charge >= 0.3 is 6.03 Å². The van der Waals surface area contributed by atoms with Gasteiger partial charge in [0.2, 0.25) is 0 Å². The molecule has 2 rings (SSSR count). The number of carbonyl (C=O) groups is 1. The van der Waals surface area contributed by atoms with E-state index in [4.69, 9.17) is 4.74 Å². The Morgan fingerprint density at radius 2 is 1.96 bits per heavy atom. The van der Waals surface area contributed by atoms with Crippen molar-refractivity contribution in [1.82, 2.24) is 10.2 Å². The van der Waals surface area contributed by atoms with Crippen molar-refractivity contribution >= 4 is 6.03 Å². The maximum absolute atomic E-state index is 12.0. The minimum absolute atomic E-state index is 0.0223. The molecule has 1 heterocycles. The average Bonchev–Trinajstić information content (AvgIpc) is 2.51. The molecule has 1 fully saturated rings. The van der Waals surface area contributed by atoms with Gasteiger partial charge in [-0.1, -0.05) is 39.0 Å². The highest BCUT2D eigenvalue weighted by atomic mass is 16.5. The molecule has 1 aromatic carbocycles. The monoisotopic (exact) mass is 320 g/mol. The van der Waals surface area contributed by atoms with E-state index < -0.39 is 0 Å². The van der Waals surface area contributed by atoms with E-state index in [1.54, 1.807) is 4.90 Å². The summed E-state index contributed by atoms with van der Waals surface area (Å²) < 4.78 is 5.85. The van der Waals surface area contributed by atoms with Gasteiger partial charge in [0.1, 0.15) is 12.4 Å². The third-order valence-electron chi connectivity index (χ3n) is 4.08. The van der Waals surface area contributed by atoms with Crippen molar-refractivity contribution < 1.29 is 14.6 Å². The summed E-state index contributed by atoms with van der Waals surface area (Å²) in [5.74, 6) is 0.871. The molecule has 128 valence electrons. The number of piperidine rings is 1. The average molecular weight is 320 g/mol. The minimum atomic E-state index is -0.267. The molecule has 0 bridgehead atoms. The van der Waals surface area contributed by atoms with Gasteiger partial charge in [0.15, 0.2) is 0 Å². The molecule has 0 atom stereocenters. The van der Waals surface area contributed by atoms with E-state index in [1.165, 1.54) is 0 Å². The molecule has 5 nitrogen and oxygen atoms in total. The number of likely N-dealkylation sites (tertiary alicyclic amines) is 1. The molecule has 0 saturated carbocycles. The summed E-state index contributed by atoms with van der Waals surface area (Å²) >= 11 is 0. The van der Waals surface area contributed by atoms with Gasteiger partial charge in [-0.3, -0.25) is 0 Å². The van der Waals surface area contributed by atoms with Gasteiger partial charge in [-0.15, -0.1) is 0 Å². The quantitative estimate of drug-likeness (QED) is 0.838. The summed E-state index contributed by atoms with van der Waals surface area (Å²) in [6, 6.07) is 7.94. The summed E-state index contributed by atoms with van der Waals surface area (Å²) in [6.45, 7) is 8.60. The first-order valence-electron chi connectivity index (χ1n) is 8.31. The third kappa shape index (κ3) is 5.13. The zero-order chi connectivity index (χ0) is 16.9. The van der Waals surface area contributed by atoms with E-state index in [0.29, 0.717) is 39.1 Å². The summed E-state index contributed by atoms with van der Waals surface area (Å²) in [5.41, 5.74) is 1.19. The Hall–Kier alpha value is -1.75. The Balaban J connectivity index is 1.77. The predicted octanol–water partition coefficient (Wildman–Crippen LogP) is 2.53. The summed E-state index contributed by atoms with van der Waals surface area (Å²) in [4.78, 5) is 13.8. The lowest BCUT2D eigenvalue weighted by molar-refractivity contribution is 0.0934. The first kappa shape index (κ1) is 17.6. The Kier molecular flexibility index (Phi) is 5.88. The van der Waals surface area contributed by atoms with Crippen LogP contribution in [0.25, 0.3) is 0 Å². The number of amides is 2. The van der Waals surface area contributed by atoms with Crippen molar-refractivity contribution in [2.24, 2.45) is 0 Å². The maximum Gasteiger partial charge on any atom is 0.317 e. The van der Waals surface area contributed by atoms with Gasteiger partial charge in [-0.2, -0.15) is 0 Å². The number of hydrogen-bond acceptors (Lipinski definition) is 3. The molecular formula is C18H28N2O3. The van der Waals surface area contributed by atoms with Gasteiger partial charge in [0.25, 0.3) is 0 Å². The second kappa shape index (κ2) is 7.68. The largest absolute Gasteiger partial charge is 0.491 e. The molecule has 5 heteroatoms. The van der Waals surface area contributed by atoms with Crippen molar-refractivity contribution in [2.75, 3.05) is 26.2 Å². The number of carbonyl (C=O) groups excluding carboxylic acids is 1. The number of rotatable bonds is 4. The fraction of sp³-hybridized carbons (Fsp3) is 0.611. The lowest BCUT2D eigenvalue weighted by atomic mass is 9.86. The molecule has 0 radical (unpaired) electrons. The van der Waals surface area contributed by atoms with Crippen molar-refractivity contribution in [3.8, 4) is 5.75 Å². The number of benzene rings is 1. The second-order valence-electron chi connectivity index (χ2n) is 7.04. The number of urea groups is 1. The van der Waals surface area contributed by atoms with Gasteiger partial charge in [0.05, 0.1) is 12.6 Å². The first-order valence-corrected chi connectivity index (χ1v) is 8.31. The summed E-state index contributed by atoms with van der Waals surface area (Å²) in [6.07, 6.45) is 1.04. The smallest absolute Gasteiger partial charge is 0.317 e. The van der Waals surface area contributed by atoms with Crippen LogP contribution in [0, 0.1) is 0 Å². The number of ether oxygens (including phenoxy) is 1. The number of aliphatic hydroxyl groups excluding tert-OH is 1. The molecule has 0 unspecified atom stereocenters. The first-order chi connectivity index (χ1) is 10.9. The Morgan fingerprint density at radius 3 is 2.61 bits per heavy atom. The molecule has 0 aromatic heterocycles. The molecule has 2 amide bonds. The Labute approximate surface area is 138 Å². The van der Waals surface area contributed by atoms with E-state index in [9.17, 15) is 9.90 Å². The number of nitrogens with one attached hydrogen (secondary N) is 1. The van der Waals surface area contributed by atoms with Crippen molar-refractivity contribution in [3.63, 3.8) is 0 Å². The summed E-state index contributed by atoms with van der Waals surface area (Å²) in [5, 5.41) is 12.3. The van der Waals surface area contributed by atoms with Crippen LogP contribution in [-0.4, -0.2) is 48.4 Å². The van der Waals surface area contributed by atoms with Gasteiger partial charge in [-0.25, -0.2) is 4.79 Å². The molecule has 1 aliphatic heterocycles. The van der Waals surface area contributed by atoms with Gasteiger partial charge in [-0.05, 0) is 29.9 Å². The summed E-state index contributed by atoms with van der Waals surface area (Å²) in [7, 11) is 0. The van der Waals surface area contributed by atoms with Crippen molar-refractivity contribution in [2.45, 2.75) is 45.1 Å². The molecule has 23 heavy (non-hydrogen) atoms. The topological polar surface area (TPSA) is 61.8 Å². The van der Waals surface area contributed by atoms with E-state index >= 15 is 0 Å². The van der Waals surface area contributed by atoms with Crippen LogP contribution in [0.3, 0.4) is 0 Å². The fourth-order valence-electron chi connectivity index (χ4n) is 2.71. The Morgan fingerprint density at radius 1 is 1.30 bits per heavy atom. The normalized spacial score (nSPS) is 16.3. The van der Waals surface area contributed by atoms with E-state index in [2.05, 4.69) is 32.2 Å². The molecule has 1 saturated heterocycles. The van der Waals surface area contributed by atoms with Crippen LogP contribution < -0.4 is 10.1 Å². The van der Waals surface area contributed by atoms with Crippen LogP contribution in [0.4, 0.5) is 4.79 Å². The van der Waals surface area contributed by atoms with E-state index in [1.807, 2.05) is 18.2 Å². The molecule has 0 aliphatic carbocycles. The van der Waals surface area contributed by atoms with Gasteiger partial charge < -0.3 is 20.1 Å². The van der Waals surface area contributed by atoms with Crippen molar-refractivity contribution in [3.05, 3.63) is 29.8 Å². The Bertz CT molecular complexity index is 517. The lowest BCUT2D eigenvalue weighted by Gasteiger charge is -2.29. The SMILES string of the molecule is CC(C)(C)c1ccccc1OCCNC(=O)N1CCC(O)CC1. The van der Waals surface area contributed by atoms with Crippen LogP contribution in [0.15, 0.2) is 24.3 Å². The number of hydrogen-bond donors (Lipinski definition) is 2. The molecule has 0 spiro atoms. The minimum Gasteiger partial charge on any atom is -0.491 e. The van der Waals surface area contributed by atoms with Crippen LogP contribution in [0.1, 0.15) is 39.2 Å². The number of aliphatic hydroxyl groups is 1.